The van der Waals surface area contributed by atoms with Gasteiger partial charge >= 0.3 is 0 Å². The van der Waals surface area contributed by atoms with Crippen molar-refractivity contribution in [2.75, 3.05) is 0 Å². The average molecular weight is 234 g/mol. The van der Waals surface area contributed by atoms with Gasteiger partial charge in [-0.3, -0.25) is 4.99 Å². The number of aliphatic imine (C=N–C) groups is 1. The molecule has 0 fully saturated rings. The lowest BCUT2D eigenvalue weighted by Gasteiger charge is -2.12. The quantitative estimate of drug-likeness (QED) is 0.642. The van der Waals surface area contributed by atoms with Gasteiger partial charge in [-0.15, -0.1) is 0 Å². The minimum atomic E-state index is 0.758. The fraction of sp³-hybridized carbons (Fsp3) is 0.357. The molecule has 0 unspecified atom stereocenters. The Hall–Kier alpha value is -1.08. The van der Waals surface area contributed by atoms with Gasteiger partial charge in [-0.25, -0.2) is 0 Å². The van der Waals surface area contributed by atoms with Gasteiger partial charge in [-0.05, 0) is 62.4 Å². The summed E-state index contributed by atoms with van der Waals surface area (Å²) in [6, 6.07) is 7.66. The van der Waals surface area contributed by atoms with Crippen LogP contribution in [0.1, 0.15) is 32.6 Å². The highest BCUT2D eigenvalue weighted by atomic mass is 35.5. The molecule has 0 aliphatic heterocycles. The van der Waals surface area contributed by atoms with Crippen LogP contribution in [0.2, 0.25) is 5.02 Å². The molecule has 1 aliphatic rings. The zero-order chi connectivity index (χ0) is 11.4. The minimum Gasteiger partial charge on any atom is -0.253 e. The maximum Gasteiger partial charge on any atom is 0.0633 e. The zero-order valence-electron chi connectivity index (χ0n) is 9.54. The summed E-state index contributed by atoms with van der Waals surface area (Å²) in [6.07, 6.45) is 7.29. The summed E-state index contributed by atoms with van der Waals surface area (Å²) >= 11 is 5.84. The standard InChI is InChI=1S/C14H16ClN/c1-11(12-5-3-2-4-6-12)16-14-9-7-13(15)8-10-14/h5,7-10H,2-4,6H2,1H3. The van der Waals surface area contributed by atoms with E-state index in [2.05, 4.69) is 18.0 Å². The molecule has 2 rings (SSSR count). The van der Waals surface area contributed by atoms with E-state index in [0.29, 0.717) is 0 Å². The van der Waals surface area contributed by atoms with Gasteiger partial charge in [-0.1, -0.05) is 17.7 Å². The summed E-state index contributed by atoms with van der Waals surface area (Å²) in [5.74, 6) is 0. The van der Waals surface area contributed by atoms with Gasteiger partial charge in [-0.2, -0.15) is 0 Å². The normalized spacial score (nSPS) is 17.1. The van der Waals surface area contributed by atoms with Gasteiger partial charge in [0.1, 0.15) is 0 Å². The molecule has 1 nitrogen and oxygen atoms in total. The molecule has 84 valence electrons. The Kier molecular flexibility index (Phi) is 3.79. The Bertz CT molecular complexity index is 415. The molecular formula is C14H16ClN. The first-order valence-electron chi connectivity index (χ1n) is 5.76. The topological polar surface area (TPSA) is 12.4 Å². The van der Waals surface area contributed by atoms with Gasteiger partial charge in [0.2, 0.25) is 0 Å². The first kappa shape index (κ1) is 11.4. The van der Waals surface area contributed by atoms with Crippen LogP contribution in [0.15, 0.2) is 40.9 Å². The van der Waals surface area contributed by atoms with E-state index in [4.69, 9.17) is 11.6 Å². The van der Waals surface area contributed by atoms with Crippen LogP contribution in [0.4, 0.5) is 5.69 Å². The fourth-order valence-electron chi connectivity index (χ4n) is 1.95. The third kappa shape index (κ3) is 2.96. The molecular weight excluding hydrogens is 218 g/mol. The van der Waals surface area contributed by atoms with Crippen LogP contribution in [0.5, 0.6) is 0 Å². The minimum absolute atomic E-state index is 0.758. The lowest BCUT2D eigenvalue weighted by atomic mass is 9.96. The maximum atomic E-state index is 5.84. The molecule has 0 heterocycles. The van der Waals surface area contributed by atoms with Crippen molar-refractivity contribution in [1.29, 1.82) is 0 Å². The lowest BCUT2D eigenvalue weighted by Crippen LogP contribution is -2.01. The van der Waals surface area contributed by atoms with Gasteiger partial charge in [0, 0.05) is 10.7 Å². The Morgan fingerprint density at radius 3 is 2.56 bits per heavy atom. The number of halogens is 1. The SMILES string of the molecule is CC(=Nc1ccc(Cl)cc1)C1=CCCCC1. The molecule has 1 aliphatic carbocycles. The van der Waals surface area contributed by atoms with E-state index in [1.807, 2.05) is 24.3 Å². The van der Waals surface area contributed by atoms with E-state index in [9.17, 15) is 0 Å². The number of allylic oxidation sites excluding steroid dienone is 2. The molecule has 16 heavy (non-hydrogen) atoms. The van der Waals surface area contributed by atoms with E-state index in [1.165, 1.54) is 31.3 Å². The molecule has 0 amide bonds. The summed E-state index contributed by atoms with van der Waals surface area (Å²) in [5.41, 5.74) is 3.52. The summed E-state index contributed by atoms with van der Waals surface area (Å²) in [5, 5.41) is 0.758. The number of benzene rings is 1. The van der Waals surface area contributed by atoms with Crippen LogP contribution in [0.25, 0.3) is 0 Å². The van der Waals surface area contributed by atoms with Gasteiger partial charge in [0.15, 0.2) is 0 Å². The summed E-state index contributed by atoms with van der Waals surface area (Å²) in [4.78, 5) is 4.61. The summed E-state index contributed by atoms with van der Waals surface area (Å²) < 4.78 is 0. The van der Waals surface area contributed by atoms with Crippen LogP contribution in [0.3, 0.4) is 0 Å². The summed E-state index contributed by atoms with van der Waals surface area (Å²) in [7, 11) is 0. The molecule has 0 N–H and O–H groups in total. The van der Waals surface area contributed by atoms with Crippen molar-refractivity contribution < 1.29 is 0 Å². The van der Waals surface area contributed by atoms with Crippen molar-refractivity contribution in [2.45, 2.75) is 32.6 Å². The van der Waals surface area contributed by atoms with Crippen molar-refractivity contribution in [3.63, 3.8) is 0 Å². The Labute approximate surface area is 102 Å². The van der Waals surface area contributed by atoms with E-state index in [1.54, 1.807) is 0 Å². The van der Waals surface area contributed by atoms with Gasteiger partial charge in [0.25, 0.3) is 0 Å². The van der Waals surface area contributed by atoms with Crippen LogP contribution in [0, 0.1) is 0 Å². The molecule has 0 atom stereocenters. The largest absolute Gasteiger partial charge is 0.253 e. The highest BCUT2D eigenvalue weighted by Gasteiger charge is 2.06. The van der Waals surface area contributed by atoms with E-state index in [-0.39, 0.29) is 0 Å². The molecule has 0 spiro atoms. The number of hydrogen-bond acceptors (Lipinski definition) is 1. The van der Waals surface area contributed by atoms with Crippen LogP contribution >= 0.6 is 11.6 Å². The number of nitrogens with zero attached hydrogens (tertiary/aromatic N) is 1. The van der Waals surface area contributed by atoms with E-state index < -0.39 is 0 Å². The summed E-state index contributed by atoms with van der Waals surface area (Å²) in [6.45, 7) is 2.09. The highest BCUT2D eigenvalue weighted by molar-refractivity contribution is 6.30. The molecule has 0 saturated carbocycles. The molecule has 1 aromatic rings. The molecule has 0 aromatic heterocycles. The zero-order valence-corrected chi connectivity index (χ0v) is 10.3. The molecule has 2 heteroatoms. The Balaban J connectivity index is 2.17. The Morgan fingerprint density at radius 1 is 1.19 bits per heavy atom. The van der Waals surface area contributed by atoms with Crippen molar-refractivity contribution in [1.82, 2.24) is 0 Å². The van der Waals surface area contributed by atoms with Crippen molar-refractivity contribution >= 4 is 23.0 Å². The second-order valence-electron chi connectivity index (χ2n) is 4.15. The average Bonchev–Trinajstić information content (AvgIpc) is 2.33. The fourth-order valence-corrected chi connectivity index (χ4v) is 2.07. The van der Waals surface area contributed by atoms with Crippen LogP contribution in [-0.4, -0.2) is 5.71 Å². The monoisotopic (exact) mass is 233 g/mol. The van der Waals surface area contributed by atoms with E-state index in [0.717, 1.165) is 16.4 Å². The molecule has 0 radical (unpaired) electrons. The first-order valence-corrected chi connectivity index (χ1v) is 6.14. The van der Waals surface area contributed by atoms with Gasteiger partial charge in [0.05, 0.1) is 5.69 Å². The lowest BCUT2D eigenvalue weighted by molar-refractivity contribution is 0.717. The molecule has 0 saturated heterocycles. The number of rotatable bonds is 2. The third-order valence-electron chi connectivity index (χ3n) is 2.88. The van der Waals surface area contributed by atoms with Crippen LogP contribution < -0.4 is 0 Å². The van der Waals surface area contributed by atoms with Gasteiger partial charge < -0.3 is 0 Å². The second-order valence-corrected chi connectivity index (χ2v) is 4.59. The molecule has 0 bridgehead atoms. The Morgan fingerprint density at radius 2 is 1.94 bits per heavy atom. The number of hydrogen-bond donors (Lipinski definition) is 0. The smallest absolute Gasteiger partial charge is 0.0633 e. The third-order valence-corrected chi connectivity index (χ3v) is 3.13. The molecule has 1 aromatic carbocycles. The van der Waals surface area contributed by atoms with Crippen LogP contribution in [-0.2, 0) is 0 Å². The van der Waals surface area contributed by atoms with Crippen molar-refractivity contribution in [2.24, 2.45) is 4.99 Å². The predicted molar refractivity (Wildman–Crippen MR) is 70.8 cm³/mol. The first-order chi connectivity index (χ1) is 7.75. The maximum absolute atomic E-state index is 5.84. The van der Waals surface area contributed by atoms with Crippen molar-refractivity contribution in [3.05, 3.63) is 40.9 Å². The van der Waals surface area contributed by atoms with Crippen molar-refractivity contribution in [3.8, 4) is 0 Å². The van der Waals surface area contributed by atoms with E-state index >= 15 is 0 Å². The predicted octanol–water partition coefficient (Wildman–Crippen LogP) is 4.93. The second kappa shape index (κ2) is 5.31. The highest BCUT2D eigenvalue weighted by Crippen LogP contribution is 2.22.